The molecule has 0 aliphatic carbocycles. The molecule has 0 aliphatic heterocycles. The van der Waals surface area contributed by atoms with Crippen LogP contribution in [0.25, 0.3) is 31.8 Å². The largest absolute Gasteiger partial charge is 0.512 e. The SMILES string of the molecule is CC(=O)/C=C(/C)O.Cc1cc(C(C)(C)C)cc(C)c1-c1cc2cc(-c3[c-]cccc3)ncc2s1.[Ir]. The predicted octanol–water partition coefficient (Wildman–Crippen LogP) is 8.38. The second kappa shape index (κ2) is 11.9. The Morgan fingerprint density at radius 3 is 2.20 bits per heavy atom. The van der Waals surface area contributed by atoms with E-state index in [4.69, 9.17) is 5.11 Å². The molecular weight excluding hydrogens is 631 g/mol. The van der Waals surface area contributed by atoms with E-state index in [0.717, 1.165) is 11.3 Å². The van der Waals surface area contributed by atoms with Crippen LogP contribution in [0.5, 0.6) is 0 Å². The van der Waals surface area contributed by atoms with Crippen molar-refractivity contribution < 1.29 is 30.0 Å². The van der Waals surface area contributed by atoms with E-state index < -0.39 is 0 Å². The number of aliphatic hydroxyl groups is 1. The van der Waals surface area contributed by atoms with Crippen molar-refractivity contribution in [1.82, 2.24) is 4.98 Å². The zero-order chi connectivity index (χ0) is 25.0. The standard InChI is InChI=1S/C25H24NS.C5H8O2.Ir/c1-16-11-20(25(3,4)5)12-17(2)24(16)22-14-19-13-21(26-15-23(19)27-22)18-9-7-6-8-10-18;1-4(6)3-5(2)7;/h6-9,11-15H,1-5H3;3,6H,1-2H3;/q-1;;/b;4-3-;. The number of hydrogen-bond donors (Lipinski definition) is 1. The van der Waals surface area contributed by atoms with Gasteiger partial charge in [-0.05, 0) is 72.5 Å². The topological polar surface area (TPSA) is 50.2 Å². The van der Waals surface area contributed by atoms with Crippen molar-refractivity contribution >= 4 is 27.2 Å². The summed E-state index contributed by atoms with van der Waals surface area (Å²) in [5, 5.41) is 9.61. The van der Waals surface area contributed by atoms with E-state index >= 15 is 0 Å². The van der Waals surface area contributed by atoms with Gasteiger partial charge in [0.05, 0.1) is 10.5 Å². The molecule has 0 saturated carbocycles. The molecule has 2 aromatic carbocycles. The summed E-state index contributed by atoms with van der Waals surface area (Å²) in [4.78, 5) is 16.0. The third kappa shape index (κ3) is 7.44. The monoisotopic (exact) mass is 663 g/mol. The number of rotatable bonds is 3. The van der Waals surface area contributed by atoms with E-state index in [-0.39, 0.29) is 37.1 Å². The van der Waals surface area contributed by atoms with Gasteiger partial charge < -0.3 is 10.1 Å². The Bertz CT molecular complexity index is 1320. The Morgan fingerprint density at radius 1 is 1.06 bits per heavy atom. The van der Waals surface area contributed by atoms with Crippen LogP contribution < -0.4 is 0 Å². The van der Waals surface area contributed by atoms with Crippen LogP contribution in [-0.2, 0) is 30.3 Å². The molecule has 0 spiro atoms. The van der Waals surface area contributed by atoms with Crippen molar-refractivity contribution in [3.8, 4) is 21.7 Å². The van der Waals surface area contributed by atoms with Crippen molar-refractivity contribution in [1.29, 1.82) is 0 Å². The van der Waals surface area contributed by atoms with Gasteiger partial charge in [0.15, 0.2) is 5.78 Å². The number of aromatic nitrogens is 1. The molecule has 0 fully saturated rings. The van der Waals surface area contributed by atoms with E-state index in [9.17, 15) is 4.79 Å². The summed E-state index contributed by atoms with van der Waals surface area (Å²) in [5.74, 6) is -0.0625. The Hall–Kier alpha value is -2.59. The van der Waals surface area contributed by atoms with Crippen LogP contribution in [0, 0.1) is 19.9 Å². The number of ketones is 1. The minimum absolute atomic E-state index is 0. The molecular formula is C30H32IrNO2S-. The van der Waals surface area contributed by atoms with Gasteiger partial charge in [0.1, 0.15) is 0 Å². The molecule has 1 radical (unpaired) electrons. The molecule has 35 heavy (non-hydrogen) atoms. The first-order valence-corrected chi connectivity index (χ1v) is 12.1. The van der Waals surface area contributed by atoms with Gasteiger partial charge in [-0.3, -0.25) is 4.79 Å². The molecule has 4 aromatic rings. The number of aryl methyl sites for hydroxylation is 2. The Kier molecular flexibility index (Phi) is 9.74. The van der Waals surface area contributed by atoms with Crippen molar-refractivity contribution in [2.75, 3.05) is 0 Å². The van der Waals surface area contributed by atoms with E-state index in [1.165, 1.54) is 57.1 Å². The van der Waals surface area contributed by atoms with Crippen molar-refractivity contribution in [3.05, 3.63) is 89.3 Å². The quantitative estimate of drug-likeness (QED) is 0.136. The molecule has 0 aliphatic rings. The van der Waals surface area contributed by atoms with Gasteiger partial charge in [-0.15, -0.1) is 47.2 Å². The molecule has 0 bridgehead atoms. The fourth-order valence-electron chi connectivity index (χ4n) is 3.85. The number of hydrogen-bond acceptors (Lipinski definition) is 4. The number of pyridine rings is 1. The van der Waals surface area contributed by atoms with Crippen LogP contribution >= 0.6 is 11.3 Å². The fourth-order valence-corrected chi connectivity index (χ4v) is 5.04. The number of aliphatic hydroxyl groups excluding tert-OH is 1. The van der Waals surface area contributed by atoms with Crippen LogP contribution in [0.1, 0.15) is 51.3 Å². The maximum Gasteiger partial charge on any atom is 0.155 e. The molecule has 0 amide bonds. The van der Waals surface area contributed by atoms with Crippen molar-refractivity contribution in [2.24, 2.45) is 0 Å². The maximum atomic E-state index is 10.0. The molecule has 185 valence electrons. The number of fused-ring (bicyclic) bond motifs is 1. The van der Waals surface area contributed by atoms with Crippen LogP contribution in [0.3, 0.4) is 0 Å². The zero-order valence-corrected chi connectivity index (χ0v) is 24.5. The van der Waals surface area contributed by atoms with E-state index in [1.54, 1.807) is 0 Å². The van der Waals surface area contributed by atoms with Gasteiger partial charge >= 0.3 is 0 Å². The molecule has 2 heterocycles. The zero-order valence-electron chi connectivity index (χ0n) is 21.3. The number of thiophene rings is 1. The average molecular weight is 663 g/mol. The Morgan fingerprint density at radius 2 is 1.71 bits per heavy atom. The Balaban J connectivity index is 0.000000476. The first-order valence-electron chi connectivity index (χ1n) is 11.3. The molecule has 2 aromatic heterocycles. The number of carbonyl (C=O) groups is 1. The van der Waals surface area contributed by atoms with E-state index in [2.05, 4.69) is 76.0 Å². The van der Waals surface area contributed by atoms with E-state index in [0.29, 0.717) is 0 Å². The van der Waals surface area contributed by atoms with Gasteiger partial charge in [0, 0.05) is 37.3 Å². The third-order valence-electron chi connectivity index (χ3n) is 5.45. The number of benzene rings is 2. The van der Waals surface area contributed by atoms with Crippen LogP contribution in [0.4, 0.5) is 0 Å². The van der Waals surface area contributed by atoms with Crippen molar-refractivity contribution in [2.45, 2.75) is 53.9 Å². The van der Waals surface area contributed by atoms with Gasteiger partial charge in [-0.25, -0.2) is 0 Å². The van der Waals surface area contributed by atoms with Gasteiger partial charge in [0.25, 0.3) is 0 Å². The van der Waals surface area contributed by atoms with Gasteiger partial charge in [0.2, 0.25) is 0 Å². The first kappa shape index (κ1) is 28.6. The normalized spacial score (nSPS) is 11.5. The Labute approximate surface area is 226 Å². The third-order valence-corrected chi connectivity index (χ3v) is 6.55. The summed E-state index contributed by atoms with van der Waals surface area (Å²) in [6.45, 7) is 14.1. The number of nitrogens with zero attached hydrogens (tertiary/aromatic N) is 1. The summed E-state index contributed by atoms with van der Waals surface area (Å²) in [7, 11) is 0. The van der Waals surface area contributed by atoms with Crippen molar-refractivity contribution in [3.63, 3.8) is 0 Å². The molecule has 4 rings (SSSR count). The summed E-state index contributed by atoms with van der Waals surface area (Å²) in [6, 6.07) is 20.4. The predicted molar refractivity (Wildman–Crippen MR) is 145 cm³/mol. The van der Waals surface area contributed by atoms with Gasteiger partial charge in [-0.2, -0.15) is 0 Å². The molecule has 0 unspecified atom stereocenters. The van der Waals surface area contributed by atoms with Crippen LogP contribution in [0.2, 0.25) is 0 Å². The molecule has 1 N–H and O–H groups in total. The minimum atomic E-state index is -0.125. The first-order chi connectivity index (χ1) is 16.0. The second-order valence-electron chi connectivity index (χ2n) is 9.63. The smallest absolute Gasteiger partial charge is 0.155 e. The van der Waals surface area contributed by atoms with Crippen LogP contribution in [0.15, 0.2) is 66.6 Å². The fraction of sp³-hybridized carbons (Fsp3) is 0.267. The summed E-state index contributed by atoms with van der Waals surface area (Å²) in [6.07, 6.45) is 3.16. The van der Waals surface area contributed by atoms with E-state index in [1.807, 2.05) is 35.7 Å². The average Bonchev–Trinajstić information content (AvgIpc) is 3.15. The summed E-state index contributed by atoms with van der Waals surface area (Å²) in [5.41, 5.74) is 7.62. The van der Waals surface area contributed by atoms with Gasteiger partial charge in [-0.1, -0.05) is 39.0 Å². The molecule has 3 nitrogen and oxygen atoms in total. The maximum absolute atomic E-state index is 10.0. The molecule has 0 atom stereocenters. The number of allylic oxidation sites excluding steroid dienone is 2. The summed E-state index contributed by atoms with van der Waals surface area (Å²) >= 11 is 1.82. The second-order valence-corrected chi connectivity index (χ2v) is 10.7. The minimum Gasteiger partial charge on any atom is -0.512 e. The molecule has 0 saturated heterocycles. The summed E-state index contributed by atoms with van der Waals surface area (Å²) < 4.78 is 1.23. The van der Waals surface area contributed by atoms with Crippen LogP contribution in [-0.4, -0.2) is 15.9 Å². The number of carbonyl (C=O) groups excluding carboxylic acids is 1. The molecule has 5 heteroatoms.